The van der Waals surface area contributed by atoms with Crippen molar-refractivity contribution in [3.05, 3.63) is 60.2 Å². The van der Waals surface area contributed by atoms with Gasteiger partial charge in [-0.25, -0.2) is 9.50 Å². The third kappa shape index (κ3) is 3.94. The van der Waals surface area contributed by atoms with E-state index >= 15 is 0 Å². The van der Waals surface area contributed by atoms with Crippen molar-refractivity contribution in [1.82, 2.24) is 19.6 Å². The monoisotopic (exact) mass is 307 g/mol. The maximum absolute atomic E-state index is 4.62. The van der Waals surface area contributed by atoms with E-state index < -0.39 is 0 Å². The number of rotatable bonds is 7. The van der Waals surface area contributed by atoms with E-state index in [9.17, 15) is 0 Å². The third-order valence-corrected chi connectivity index (χ3v) is 3.60. The summed E-state index contributed by atoms with van der Waals surface area (Å²) >= 11 is 0. The molecule has 0 aliphatic heterocycles. The predicted octanol–water partition coefficient (Wildman–Crippen LogP) is 3.94. The summed E-state index contributed by atoms with van der Waals surface area (Å²) in [7, 11) is 0. The Morgan fingerprint density at radius 3 is 3.00 bits per heavy atom. The Kier molecular flexibility index (Phi) is 4.99. The number of aromatic nitrogens is 4. The SMILES string of the molecule is CCCCC=Cc1cnc2ccc(NCc3cccnc3)nn12. The number of allylic oxidation sites excluding steroid dienone is 1. The molecule has 0 aliphatic rings. The van der Waals surface area contributed by atoms with Crippen LogP contribution in [0.15, 0.2) is 48.9 Å². The molecule has 3 aromatic heterocycles. The topological polar surface area (TPSA) is 55.1 Å². The number of hydrogen-bond donors (Lipinski definition) is 1. The third-order valence-electron chi connectivity index (χ3n) is 3.60. The molecule has 0 saturated heterocycles. The molecule has 3 aromatic rings. The average Bonchev–Trinajstić information content (AvgIpc) is 3.00. The minimum Gasteiger partial charge on any atom is -0.364 e. The summed E-state index contributed by atoms with van der Waals surface area (Å²) < 4.78 is 1.87. The first kappa shape index (κ1) is 15.2. The molecule has 5 nitrogen and oxygen atoms in total. The van der Waals surface area contributed by atoms with E-state index in [1.54, 1.807) is 6.20 Å². The summed E-state index contributed by atoms with van der Waals surface area (Å²) in [6.07, 6.45) is 13.3. The van der Waals surface area contributed by atoms with Gasteiger partial charge < -0.3 is 5.32 Å². The maximum Gasteiger partial charge on any atom is 0.154 e. The zero-order chi connectivity index (χ0) is 15.9. The molecule has 0 aromatic carbocycles. The van der Waals surface area contributed by atoms with E-state index in [1.165, 1.54) is 12.8 Å². The number of pyridine rings is 1. The lowest BCUT2D eigenvalue weighted by Crippen LogP contribution is -2.04. The molecule has 3 heterocycles. The van der Waals surface area contributed by atoms with Gasteiger partial charge in [0.2, 0.25) is 0 Å². The quantitative estimate of drug-likeness (QED) is 0.672. The molecule has 0 saturated carbocycles. The highest BCUT2D eigenvalue weighted by Crippen LogP contribution is 2.12. The van der Waals surface area contributed by atoms with Gasteiger partial charge in [0.05, 0.1) is 11.9 Å². The van der Waals surface area contributed by atoms with E-state index in [1.807, 2.05) is 41.2 Å². The summed E-state index contributed by atoms with van der Waals surface area (Å²) in [5, 5.41) is 7.94. The Balaban J connectivity index is 1.73. The van der Waals surface area contributed by atoms with E-state index in [-0.39, 0.29) is 0 Å². The summed E-state index contributed by atoms with van der Waals surface area (Å²) in [4.78, 5) is 8.51. The second-order valence-electron chi connectivity index (χ2n) is 5.43. The van der Waals surface area contributed by atoms with Crippen LogP contribution in [0.4, 0.5) is 5.82 Å². The van der Waals surface area contributed by atoms with Gasteiger partial charge in [-0.3, -0.25) is 4.98 Å². The Bertz CT molecular complexity index is 776. The van der Waals surface area contributed by atoms with Gasteiger partial charge in [-0.15, -0.1) is 5.10 Å². The fourth-order valence-corrected chi connectivity index (χ4v) is 2.32. The van der Waals surface area contributed by atoms with Crippen LogP contribution in [-0.4, -0.2) is 19.6 Å². The Morgan fingerprint density at radius 1 is 1.22 bits per heavy atom. The average molecular weight is 307 g/mol. The lowest BCUT2D eigenvalue weighted by molar-refractivity contribution is 0.816. The maximum atomic E-state index is 4.62. The number of imidazole rings is 1. The number of hydrogen-bond acceptors (Lipinski definition) is 4. The molecule has 0 radical (unpaired) electrons. The van der Waals surface area contributed by atoms with E-state index in [0.29, 0.717) is 6.54 Å². The van der Waals surface area contributed by atoms with Gasteiger partial charge in [-0.05, 0) is 36.3 Å². The largest absolute Gasteiger partial charge is 0.364 e. The highest BCUT2D eigenvalue weighted by molar-refractivity contribution is 5.53. The molecule has 0 atom stereocenters. The molecule has 3 rings (SSSR count). The van der Waals surface area contributed by atoms with E-state index in [2.05, 4.69) is 39.5 Å². The van der Waals surface area contributed by atoms with Gasteiger partial charge in [0, 0.05) is 18.9 Å². The van der Waals surface area contributed by atoms with Crippen LogP contribution in [-0.2, 0) is 6.54 Å². The van der Waals surface area contributed by atoms with Crippen LogP contribution < -0.4 is 5.32 Å². The van der Waals surface area contributed by atoms with E-state index in [0.717, 1.165) is 29.1 Å². The lowest BCUT2D eigenvalue weighted by Gasteiger charge is -2.06. The van der Waals surface area contributed by atoms with Gasteiger partial charge in [-0.2, -0.15) is 0 Å². The van der Waals surface area contributed by atoms with Crippen molar-refractivity contribution < 1.29 is 0 Å². The first-order chi connectivity index (χ1) is 11.4. The highest BCUT2D eigenvalue weighted by atomic mass is 15.3. The Morgan fingerprint density at radius 2 is 2.17 bits per heavy atom. The fraction of sp³-hybridized carbons (Fsp3) is 0.278. The van der Waals surface area contributed by atoms with Crippen LogP contribution in [0.2, 0.25) is 0 Å². The number of nitrogens with one attached hydrogen (secondary N) is 1. The minimum absolute atomic E-state index is 0.697. The van der Waals surface area contributed by atoms with Crippen molar-refractivity contribution in [2.75, 3.05) is 5.32 Å². The van der Waals surface area contributed by atoms with Crippen molar-refractivity contribution in [3.63, 3.8) is 0 Å². The normalized spacial score (nSPS) is 11.3. The predicted molar refractivity (Wildman–Crippen MR) is 93.1 cm³/mol. The van der Waals surface area contributed by atoms with Crippen LogP contribution in [0.3, 0.4) is 0 Å². The van der Waals surface area contributed by atoms with Crippen LogP contribution >= 0.6 is 0 Å². The molecule has 0 amide bonds. The van der Waals surface area contributed by atoms with Crippen LogP contribution in [0.1, 0.15) is 37.4 Å². The summed E-state index contributed by atoms with van der Waals surface area (Å²) in [6.45, 7) is 2.90. The number of anilines is 1. The van der Waals surface area contributed by atoms with Gasteiger partial charge in [0.25, 0.3) is 0 Å². The summed E-state index contributed by atoms with van der Waals surface area (Å²) in [5.41, 5.74) is 2.98. The van der Waals surface area contributed by atoms with Crippen molar-refractivity contribution >= 4 is 17.5 Å². The molecular formula is C18H21N5. The summed E-state index contributed by atoms with van der Waals surface area (Å²) in [5.74, 6) is 0.822. The second-order valence-corrected chi connectivity index (χ2v) is 5.43. The van der Waals surface area contributed by atoms with E-state index in [4.69, 9.17) is 0 Å². The second kappa shape index (κ2) is 7.54. The van der Waals surface area contributed by atoms with Crippen molar-refractivity contribution in [2.24, 2.45) is 0 Å². The molecule has 0 unspecified atom stereocenters. The molecule has 0 spiro atoms. The minimum atomic E-state index is 0.697. The number of unbranched alkanes of at least 4 members (excludes halogenated alkanes) is 2. The van der Waals surface area contributed by atoms with Crippen LogP contribution in [0.5, 0.6) is 0 Å². The number of fused-ring (bicyclic) bond motifs is 1. The van der Waals surface area contributed by atoms with Crippen molar-refractivity contribution in [1.29, 1.82) is 0 Å². The fourth-order valence-electron chi connectivity index (χ4n) is 2.32. The zero-order valence-corrected chi connectivity index (χ0v) is 13.3. The first-order valence-corrected chi connectivity index (χ1v) is 8.01. The molecule has 0 aliphatic carbocycles. The van der Waals surface area contributed by atoms with Crippen LogP contribution in [0, 0.1) is 0 Å². The van der Waals surface area contributed by atoms with Crippen LogP contribution in [0.25, 0.3) is 11.7 Å². The molecular weight excluding hydrogens is 286 g/mol. The number of nitrogens with zero attached hydrogens (tertiary/aromatic N) is 4. The van der Waals surface area contributed by atoms with Gasteiger partial charge in [0.1, 0.15) is 5.82 Å². The van der Waals surface area contributed by atoms with Gasteiger partial charge in [0.15, 0.2) is 5.65 Å². The highest BCUT2D eigenvalue weighted by Gasteiger charge is 2.03. The molecule has 0 fully saturated rings. The first-order valence-electron chi connectivity index (χ1n) is 8.01. The van der Waals surface area contributed by atoms with Crippen molar-refractivity contribution in [3.8, 4) is 0 Å². The molecule has 118 valence electrons. The molecule has 0 bridgehead atoms. The standard InChI is InChI=1S/C18H21N5/c1-2-3-4-5-8-16-14-21-18-10-9-17(22-23(16)18)20-13-15-7-6-11-19-12-15/h5-12,14H,2-4,13H2,1H3,(H,20,22). The van der Waals surface area contributed by atoms with Gasteiger partial charge in [-0.1, -0.05) is 31.9 Å². The van der Waals surface area contributed by atoms with Crippen molar-refractivity contribution in [2.45, 2.75) is 32.7 Å². The molecule has 1 N–H and O–H groups in total. The molecule has 5 heteroatoms. The summed E-state index contributed by atoms with van der Waals surface area (Å²) in [6, 6.07) is 7.89. The molecule has 23 heavy (non-hydrogen) atoms. The Hall–Kier alpha value is -2.69. The van der Waals surface area contributed by atoms with Gasteiger partial charge >= 0.3 is 0 Å². The zero-order valence-electron chi connectivity index (χ0n) is 13.3. The lowest BCUT2D eigenvalue weighted by atomic mass is 10.2. The Labute approximate surface area is 136 Å². The smallest absolute Gasteiger partial charge is 0.154 e.